The van der Waals surface area contributed by atoms with E-state index in [1.165, 1.54) is 12.3 Å². The summed E-state index contributed by atoms with van der Waals surface area (Å²) in [6.07, 6.45) is 9.58. The van der Waals surface area contributed by atoms with Gasteiger partial charge in [0.15, 0.2) is 0 Å². The normalized spacial score (nSPS) is 11.7. The monoisotopic (exact) mass is 480 g/mol. The second-order valence-corrected chi connectivity index (χ2v) is 8.65. The molecule has 2 aromatic heterocycles. The van der Waals surface area contributed by atoms with Crippen molar-refractivity contribution >= 4 is 5.97 Å². The molecule has 0 bridgehead atoms. The van der Waals surface area contributed by atoms with Crippen molar-refractivity contribution in [3.63, 3.8) is 0 Å². The first kappa shape index (κ1) is 26.5. The molecule has 0 spiro atoms. The summed E-state index contributed by atoms with van der Waals surface area (Å²) in [6, 6.07) is 9.36. The van der Waals surface area contributed by atoms with Crippen LogP contribution in [0, 0.1) is 0 Å². The summed E-state index contributed by atoms with van der Waals surface area (Å²) >= 11 is 0. The molecule has 0 fully saturated rings. The maximum Gasteiger partial charge on any atom is 0.336 e. The maximum absolute atomic E-state index is 11.6. The topological polar surface area (TPSA) is 99.4 Å². The Kier molecular flexibility index (Phi) is 9.51. The molecular weight excluding hydrogens is 444 g/mol. The Hall–Kier alpha value is -3.10. The van der Waals surface area contributed by atoms with Gasteiger partial charge in [-0.2, -0.15) is 5.10 Å². The summed E-state index contributed by atoms with van der Waals surface area (Å²) in [5, 5.41) is 14.3. The zero-order valence-electron chi connectivity index (χ0n) is 21.2. The number of rotatable bonds is 14. The number of hydrogen-bond acceptors (Lipinski definition) is 6. The summed E-state index contributed by atoms with van der Waals surface area (Å²) in [6.45, 7) is 5.09. The summed E-state index contributed by atoms with van der Waals surface area (Å²) < 4.78 is 13.6. The number of carboxylic acid groups (broad SMARTS) is 1. The highest BCUT2D eigenvalue weighted by molar-refractivity contribution is 5.95. The molecule has 2 heterocycles. The molecule has 1 aromatic carbocycles. The van der Waals surface area contributed by atoms with Gasteiger partial charge in [-0.25, -0.2) is 14.5 Å². The molecule has 0 saturated heterocycles. The highest BCUT2D eigenvalue weighted by atomic mass is 16.7. The fourth-order valence-corrected chi connectivity index (χ4v) is 4.14. The van der Waals surface area contributed by atoms with Crippen LogP contribution in [0.4, 0.5) is 0 Å². The van der Waals surface area contributed by atoms with Crippen LogP contribution >= 0.6 is 0 Å². The van der Waals surface area contributed by atoms with Crippen molar-refractivity contribution in [1.29, 1.82) is 0 Å². The number of carboxylic acids is 1. The van der Waals surface area contributed by atoms with E-state index in [1.54, 1.807) is 20.4 Å². The molecule has 8 nitrogen and oxygen atoms in total. The minimum Gasteiger partial charge on any atom is -0.478 e. The average molecular weight is 481 g/mol. The van der Waals surface area contributed by atoms with E-state index in [1.807, 2.05) is 28.9 Å². The van der Waals surface area contributed by atoms with Crippen LogP contribution < -0.4 is 0 Å². The van der Waals surface area contributed by atoms with E-state index in [2.05, 4.69) is 18.8 Å². The lowest BCUT2D eigenvalue weighted by Crippen LogP contribution is -2.32. The molecule has 0 saturated carbocycles. The van der Waals surface area contributed by atoms with Crippen LogP contribution in [0.15, 0.2) is 42.7 Å². The van der Waals surface area contributed by atoms with Crippen molar-refractivity contribution in [2.24, 2.45) is 0 Å². The number of aryl methyl sites for hydroxylation is 1. The van der Waals surface area contributed by atoms with Gasteiger partial charge in [-0.1, -0.05) is 57.4 Å². The Morgan fingerprint density at radius 2 is 1.74 bits per heavy atom. The molecule has 0 aliphatic rings. The van der Waals surface area contributed by atoms with Crippen LogP contribution in [-0.2, 0) is 28.2 Å². The van der Waals surface area contributed by atoms with Crippen molar-refractivity contribution < 1.29 is 19.4 Å². The molecule has 8 heteroatoms. The van der Waals surface area contributed by atoms with Gasteiger partial charge in [0.2, 0.25) is 11.6 Å². The molecule has 0 aliphatic carbocycles. The van der Waals surface area contributed by atoms with Crippen molar-refractivity contribution in [1.82, 2.24) is 19.7 Å². The van der Waals surface area contributed by atoms with Gasteiger partial charge in [-0.15, -0.1) is 0 Å². The fraction of sp³-hybridized carbons (Fsp3) is 0.481. The molecule has 0 aliphatic heterocycles. The molecule has 3 aromatic rings. The Balaban J connectivity index is 1.90. The Labute approximate surface area is 207 Å². The van der Waals surface area contributed by atoms with Gasteiger partial charge in [-0.05, 0) is 30.0 Å². The van der Waals surface area contributed by atoms with E-state index in [0.717, 1.165) is 55.6 Å². The van der Waals surface area contributed by atoms with Crippen LogP contribution in [0.5, 0.6) is 0 Å². The van der Waals surface area contributed by atoms with E-state index in [0.29, 0.717) is 24.2 Å². The SMILES string of the molecule is CCCCCn1nc(C(CCCC)(OC)OC)nc1Cc1ccc(-c2cnccc2C(=O)O)cc1. The number of aromatic nitrogens is 4. The Morgan fingerprint density at radius 3 is 2.37 bits per heavy atom. The van der Waals surface area contributed by atoms with Crippen molar-refractivity contribution in [3.05, 3.63) is 65.5 Å². The van der Waals surface area contributed by atoms with Crippen molar-refractivity contribution in [2.75, 3.05) is 14.2 Å². The first-order chi connectivity index (χ1) is 17.0. The largest absolute Gasteiger partial charge is 0.478 e. The number of methoxy groups -OCH3 is 2. The molecule has 0 amide bonds. The summed E-state index contributed by atoms with van der Waals surface area (Å²) in [4.78, 5) is 20.6. The standard InChI is InChI=1S/C27H36N4O4/c1-5-7-9-17-31-24(29-26(30-31)27(34-3,35-4)15-8-6-2)18-20-10-12-21(13-11-20)23-19-28-16-14-22(23)25(32)33/h10-14,16,19H,5-9,15,17-18H2,1-4H3,(H,32,33). The summed E-state index contributed by atoms with van der Waals surface area (Å²) in [5.74, 6) is -0.521. The lowest BCUT2D eigenvalue weighted by molar-refractivity contribution is -0.226. The predicted octanol–water partition coefficient (Wildman–Crippen LogP) is 5.46. The summed E-state index contributed by atoms with van der Waals surface area (Å²) in [5.41, 5.74) is 2.69. The molecule has 3 rings (SSSR count). The predicted molar refractivity (Wildman–Crippen MR) is 134 cm³/mol. The molecule has 35 heavy (non-hydrogen) atoms. The van der Waals surface area contributed by atoms with E-state index in [9.17, 15) is 9.90 Å². The first-order valence-electron chi connectivity index (χ1n) is 12.3. The van der Waals surface area contributed by atoms with E-state index in [4.69, 9.17) is 19.6 Å². The lowest BCUT2D eigenvalue weighted by Gasteiger charge is -2.27. The van der Waals surface area contributed by atoms with E-state index in [-0.39, 0.29) is 5.56 Å². The van der Waals surface area contributed by atoms with Gasteiger partial charge in [0, 0.05) is 51.6 Å². The Bertz CT molecular complexity index is 1090. The first-order valence-corrected chi connectivity index (χ1v) is 12.3. The third-order valence-corrected chi connectivity index (χ3v) is 6.26. The van der Waals surface area contributed by atoms with Crippen LogP contribution in [0.3, 0.4) is 0 Å². The van der Waals surface area contributed by atoms with Crippen LogP contribution in [0.2, 0.25) is 0 Å². The van der Waals surface area contributed by atoms with Crippen LogP contribution in [0.25, 0.3) is 11.1 Å². The van der Waals surface area contributed by atoms with E-state index >= 15 is 0 Å². The smallest absolute Gasteiger partial charge is 0.336 e. The summed E-state index contributed by atoms with van der Waals surface area (Å²) in [7, 11) is 3.28. The number of nitrogens with zero attached hydrogens (tertiary/aromatic N) is 4. The number of hydrogen-bond donors (Lipinski definition) is 1. The second kappa shape index (κ2) is 12.6. The van der Waals surface area contributed by atoms with Gasteiger partial charge >= 0.3 is 5.97 Å². The van der Waals surface area contributed by atoms with Crippen LogP contribution in [0.1, 0.15) is 79.9 Å². The van der Waals surface area contributed by atoms with Gasteiger partial charge < -0.3 is 14.6 Å². The fourth-order valence-electron chi connectivity index (χ4n) is 4.14. The number of aromatic carboxylic acids is 1. The van der Waals surface area contributed by atoms with Gasteiger partial charge in [-0.3, -0.25) is 4.98 Å². The van der Waals surface area contributed by atoms with E-state index < -0.39 is 11.8 Å². The maximum atomic E-state index is 11.6. The lowest BCUT2D eigenvalue weighted by atomic mass is 10.00. The molecule has 1 N–H and O–H groups in total. The minimum absolute atomic E-state index is 0.232. The average Bonchev–Trinajstić information content (AvgIpc) is 3.28. The number of pyridine rings is 1. The van der Waals surface area contributed by atoms with Crippen LogP contribution in [-0.4, -0.2) is 45.0 Å². The number of benzene rings is 1. The molecule has 188 valence electrons. The highest BCUT2D eigenvalue weighted by Gasteiger charge is 2.37. The second-order valence-electron chi connectivity index (χ2n) is 8.65. The molecule has 0 radical (unpaired) electrons. The van der Waals surface area contributed by atoms with Crippen molar-refractivity contribution in [3.8, 4) is 11.1 Å². The van der Waals surface area contributed by atoms with Gasteiger partial charge in [0.05, 0.1) is 5.56 Å². The number of carbonyl (C=O) groups is 1. The zero-order chi connectivity index (χ0) is 25.3. The number of ether oxygens (including phenoxy) is 2. The third-order valence-electron chi connectivity index (χ3n) is 6.26. The third kappa shape index (κ3) is 6.32. The van der Waals surface area contributed by atoms with Gasteiger partial charge in [0.1, 0.15) is 5.82 Å². The highest BCUT2D eigenvalue weighted by Crippen LogP contribution is 2.30. The van der Waals surface area contributed by atoms with Gasteiger partial charge in [0.25, 0.3) is 0 Å². The molecule has 0 unspecified atom stereocenters. The minimum atomic E-state index is -0.970. The molecule has 0 atom stereocenters. The number of unbranched alkanes of at least 4 members (excludes halogenated alkanes) is 3. The Morgan fingerprint density at radius 1 is 1.03 bits per heavy atom. The zero-order valence-corrected chi connectivity index (χ0v) is 21.2. The van der Waals surface area contributed by atoms with Crippen molar-refractivity contribution in [2.45, 2.75) is 71.1 Å². The molecular formula is C27H36N4O4. The quantitative estimate of drug-likeness (QED) is 0.242.